The largest absolute Gasteiger partial charge is 0.344 e. The molecule has 6 nitrogen and oxygen atoms in total. The fraction of sp³-hybridized carbons (Fsp3) is 0.429. The van der Waals surface area contributed by atoms with Gasteiger partial charge in [0.15, 0.2) is 5.69 Å². The lowest BCUT2D eigenvalue weighted by Gasteiger charge is -2.18. The third-order valence-corrected chi connectivity index (χ3v) is 3.11. The lowest BCUT2D eigenvalue weighted by molar-refractivity contribution is 0.0923. The Labute approximate surface area is 117 Å². The molecule has 0 bridgehead atoms. The van der Waals surface area contributed by atoms with Gasteiger partial charge in [-0.25, -0.2) is 4.63 Å². The second-order valence-corrected chi connectivity index (χ2v) is 4.65. The van der Waals surface area contributed by atoms with Gasteiger partial charge in [0.25, 0.3) is 5.91 Å². The first-order valence-corrected chi connectivity index (χ1v) is 6.72. The van der Waals surface area contributed by atoms with Gasteiger partial charge in [-0.2, -0.15) is 0 Å². The number of hydrogen-bond donors (Lipinski definition) is 1. The van der Waals surface area contributed by atoms with E-state index < -0.39 is 0 Å². The molecule has 0 spiro atoms. The maximum atomic E-state index is 12.2. The second kappa shape index (κ2) is 6.79. The Hall–Kier alpha value is -2.24. The van der Waals surface area contributed by atoms with Crippen LogP contribution in [0.15, 0.2) is 29.2 Å². The Morgan fingerprint density at radius 3 is 2.90 bits per heavy atom. The number of carbonyl (C=O) groups is 1. The van der Waals surface area contributed by atoms with Gasteiger partial charge in [0.2, 0.25) is 0 Å². The van der Waals surface area contributed by atoms with E-state index in [4.69, 9.17) is 0 Å². The minimum atomic E-state index is -0.270. The molecule has 1 unspecified atom stereocenters. The number of aromatic nitrogens is 3. The summed E-state index contributed by atoms with van der Waals surface area (Å²) in [5.74, 6) is -0.270. The molecule has 0 fully saturated rings. The van der Waals surface area contributed by atoms with Crippen molar-refractivity contribution in [1.82, 2.24) is 20.6 Å². The SMILES string of the molecule is CCCCC(NC(=O)c1nonc1C)c1cccnc1. The lowest BCUT2D eigenvalue weighted by atomic mass is 10.0. The molecular formula is C14H18N4O2. The van der Waals surface area contributed by atoms with Crippen molar-refractivity contribution in [1.29, 1.82) is 0 Å². The standard InChI is InChI=1S/C14H18N4O2/c1-3-4-7-12(11-6-5-8-15-9-11)16-14(19)13-10(2)17-20-18-13/h5-6,8-9,12H,3-4,7H2,1-2H3,(H,16,19). The van der Waals surface area contributed by atoms with Crippen LogP contribution >= 0.6 is 0 Å². The monoisotopic (exact) mass is 274 g/mol. The van der Waals surface area contributed by atoms with Crippen molar-refractivity contribution in [2.75, 3.05) is 0 Å². The summed E-state index contributed by atoms with van der Waals surface area (Å²) < 4.78 is 4.56. The van der Waals surface area contributed by atoms with E-state index in [0.717, 1.165) is 24.8 Å². The molecule has 0 aromatic carbocycles. The molecule has 0 aliphatic carbocycles. The summed E-state index contributed by atoms with van der Waals surface area (Å²) in [6.07, 6.45) is 6.44. The number of aryl methyl sites for hydroxylation is 1. The summed E-state index contributed by atoms with van der Waals surface area (Å²) in [5.41, 5.74) is 1.71. The molecule has 1 N–H and O–H groups in total. The predicted octanol–water partition coefficient (Wildman–Crippen LogP) is 2.43. The van der Waals surface area contributed by atoms with Crippen molar-refractivity contribution in [2.45, 2.75) is 39.2 Å². The number of unbranched alkanes of at least 4 members (excludes halogenated alkanes) is 1. The Morgan fingerprint density at radius 2 is 2.30 bits per heavy atom. The first-order chi connectivity index (χ1) is 9.72. The Bertz CT molecular complexity index is 553. The van der Waals surface area contributed by atoms with Crippen molar-refractivity contribution >= 4 is 5.91 Å². The first-order valence-electron chi connectivity index (χ1n) is 6.72. The van der Waals surface area contributed by atoms with Crippen LogP contribution in [0.1, 0.15) is 54.0 Å². The maximum Gasteiger partial charge on any atom is 0.275 e. The number of amides is 1. The molecule has 0 saturated heterocycles. The Kier molecular flexibility index (Phi) is 4.81. The van der Waals surface area contributed by atoms with Crippen molar-refractivity contribution < 1.29 is 9.42 Å². The fourth-order valence-electron chi connectivity index (χ4n) is 1.98. The average Bonchev–Trinajstić information content (AvgIpc) is 2.90. The van der Waals surface area contributed by atoms with Crippen molar-refractivity contribution in [2.24, 2.45) is 0 Å². The van der Waals surface area contributed by atoms with Gasteiger partial charge in [-0.1, -0.05) is 31.0 Å². The molecule has 2 heterocycles. The summed E-state index contributed by atoms with van der Waals surface area (Å²) in [6.45, 7) is 3.81. The first kappa shape index (κ1) is 14.2. The molecule has 20 heavy (non-hydrogen) atoms. The quantitative estimate of drug-likeness (QED) is 0.875. The number of nitrogens with zero attached hydrogens (tertiary/aromatic N) is 3. The minimum absolute atomic E-state index is 0.0766. The summed E-state index contributed by atoms with van der Waals surface area (Å²) in [7, 11) is 0. The Balaban J connectivity index is 2.12. The van der Waals surface area contributed by atoms with Gasteiger partial charge >= 0.3 is 0 Å². The summed E-state index contributed by atoms with van der Waals surface area (Å²) >= 11 is 0. The predicted molar refractivity (Wildman–Crippen MR) is 73.0 cm³/mol. The average molecular weight is 274 g/mol. The van der Waals surface area contributed by atoms with Gasteiger partial charge in [0.1, 0.15) is 5.69 Å². The molecule has 0 radical (unpaired) electrons. The van der Waals surface area contributed by atoms with E-state index in [1.54, 1.807) is 19.3 Å². The number of hydrogen-bond acceptors (Lipinski definition) is 5. The van der Waals surface area contributed by atoms with E-state index >= 15 is 0 Å². The molecule has 0 aliphatic rings. The fourth-order valence-corrected chi connectivity index (χ4v) is 1.98. The second-order valence-electron chi connectivity index (χ2n) is 4.65. The van der Waals surface area contributed by atoms with Crippen LogP contribution in [0, 0.1) is 6.92 Å². The maximum absolute atomic E-state index is 12.2. The van der Waals surface area contributed by atoms with Gasteiger partial charge < -0.3 is 5.32 Å². The number of rotatable bonds is 6. The van der Waals surface area contributed by atoms with Crippen LogP contribution in [0.25, 0.3) is 0 Å². The third-order valence-electron chi connectivity index (χ3n) is 3.11. The number of pyridine rings is 1. The molecule has 2 aromatic heterocycles. The highest BCUT2D eigenvalue weighted by molar-refractivity contribution is 5.93. The van der Waals surface area contributed by atoms with Crippen LogP contribution in [0.5, 0.6) is 0 Å². The number of carbonyl (C=O) groups excluding carboxylic acids is 1. The zero-order chi connectivity index (χ0) is 14.4. The molecule has 106 valence electrons. The molecule has 2 rings (SSSR count). The van der Waals surface area contributed by atoms with Crippen LogP contribution in [0.4, 0.5) is 0 Å². The molecule has 1 amide bonds. The highest BCUT2D eigenvalue weighted by Gasteiger charge is 2.20. The van der Waals surface area contributed by atoms with E-state index in [0.29, 0.717) is 5.69 Å². The van der Waals surface area contributed by atoms with E-state index in [1.807, 2.05) is 12.1 Å². The zero-order valence-corrected chi connectivity index (χ0v) is 11.7. The third kappa shape index (κ3) is 3.40. The number of nitrogens with one attached hydrogen (secondary N) is 1. The Morgan fingerprint density at radius 1 is 1.45 bits per heavy atom. The van der Waals surface area contributed by atoms with Gasteiger partial charge in [0.05, 0.1) is 6.04 Å². The minimum Gasteiger partial charge on any atom is -0.344 e. The summed E-state index contributed by atoms with van der Waals surface area (Å²) in [5, 5.41) is 10.2. The molecular weight excluding hydrogens is 256 g/mol. The van der Waals surface area contributed by atoms with E-state index in [1.165, 1.54) is 0 Å². The lowest BCUT2D eigenvalue weighted by Crippen LogP contribution is -2.29. The van der Waals surface area contributed by atoms with E-state index in [2.05, 4.69) is 32.2 Å². The summed E-state index contributed by atoms with van der Waals surface area (Å²) in [6, 6.07) is 3.75. The summed E-state index contributed by atoms with van der Waals surface area (Å²) in [4.78, 5) is 16.3. The molecule has 0 saturated carbocycles. The normalized spacial score (nSPS) is 12.1. The van der Waals surface area contributed by atoms with Crippen LogP contribution in [0.2, 0.25) is 0 Å². The van der Waals surface area contributed by atoms with Crippen LogP contribution < -0.4 is 5.32 Å². The van der Waals surface area contributed by atoms with Gasteiger partial charge in [-0.3, -0.25) is 9.78 Å². The van der Waals surface area contributed by atoms with Crippen molar-refractivity contribution in [3.63, 3.8) is 0 Å². The molecule has 0 aliphatic heterocycles. The van der Waals surface area contributed by atoms with Crippen molar-refractivity contribution in [3.05, 3.63) is 41.5 Å². The highest BCUT2D eigenvalue weighted by atomic mass is 16.6. The molecule has 1 atom stereocenters. The van der Waals surface area contributed by atoms with E-state index in [-0.39, 0.29) is 17.6 Å². The van der Waals surface area contributed by atoms with E-state index in [9.17, 15) is 4.79 Å². The zero-order valence-electron chi connectivity index (χ0n) is 11.7. The topological polar surface area (TPSA) is 80.9 Å². The molecule has 2 aromatic rings. The highest BCUT2D eigenvalue weighted by Crippen LogP contribution is 2.19. The van der Waals surface area contributed by atoms with Gasteiger partial charge in [-0.15, -0.1) is 0 Å². The van der Waals surface area contributed by atoms with Gasteiger partial charge in [-0.05, 0) is 30.1 Å². The smallest absolute Gasteiger partial charge is 0.275 e. The van der Waals surface area contributed by atoms with Gasteiger partial charge in [0, 0.05) is 12.4 Å². The van der Waals surface area contributed by atoms with Crippen LogP contribution in [-0.2, 0) is 0 Å². The van der Waals surface area contributed by atoms with Crippen LogP contribution in [0.3, 0.4) is 0 Å². The van der Waals surface area contributed by atoms with Crippen LogP contribution in [-0.4, -0.2) is 21.2 Å². The van der Waals surface area contributed by atoms with Crippen molar-refractivity contribution in [3.8, 4) is 0 Å². The molecule has 6 heteroatoms.